The van der Waals surface area contributed by atoms with E-state index < -0.39 is 53.8 Å². The Labute approximate surface area is 840 Å². The molecule has 10 aliphatic heterocycles. The Hall–Kier alpha value is -11.8. The van der Waals surface area contributed by atoms with Gasteiger partial charge in [-0.25, -0.2) is 24.0 Å². The van der Waals surface area contributed by atoms with E-state index in [0.717, 1.165) is 170 Å². The van der Waals surface area contributed by atoms with Crippen LogP contribution in [-0.2, 0) is 69.0 Å². The van der Waals surface area contributed by atoms with E-state index >= 15 is 0 Å². The van der Waals surface area contributed by atoms with Crippen LogP contribution in [0.3, 0.4) is 0 Å². The molecule has 142 heavy (non-hydrogen) atoms. The summed E-state index contributed by atoms with van der Waals surface area (Å²) in [6.45, 7) is 47.0. The monoisotopic (exact) mass is 1950 g/mol. The molecule has 6 amide bonds. The zero-order chi connectivity index (χ0) is 103. The highest BCUT2D eigenvalue weighted by Crippen LogP contribution is 2.50. The standard InChI is InChI=1S/C47H58N4O3.C45H54N4O4.C8H15NO4.C7H13NO4.C6H13NO2.CH4/c1-9-27(5)30(8)46(52)50-24-31(10-2)17-44(50)41-20-34(23-48-41)32-12-14-36-35(18-32)25-54-45-22-37-33(19-39(36)45)13-15-40-38(37)21-42(49-40)43-16-11-28(6)51(43)47(53)29(7)26(3)4;1-9-28-16-41(48(23-28)44(51)53-45(6,7)8)38-19-31(22-46-38)29-11-13-33-32(17-29)24-52-42-21-34-30(18-36(33)42)12-14-37-35(34)20-39(47-37)40-15-10-26(4)49(40)43(50)27(5)25(2)3;1-4-5(2)6(7(10)11)9-8(12)13-3;1-4(2)5(6(9)10)8-7(11)12-3;1-3-4(2)5(7)6(8)9;/h12-15,18-19,22-23,26-31,43-44H,9-11,16-17,20-21,24-25H2,1-8H3;11-14,17-18,21-22,25-28,40-41H,9-10,15-16,19-20,23-24H2,1-8H3;5-6H,4H2,1-3H3,(H,9,12)(H,10,11);4-5H,1-3H3,(H,8,11)(H,9,10);4-5H,3,7H2,1-2H3,(H,8,9);1H4/t27-,28+,29+,30+,31+,43+,44+;26-,27-,28-,40-,41-;5-,6+;5-;4-,5+;/m10101./s1. The molecule has 0 bridgehead atoms. The number of benzene rings is 6. The number of ether oxygens (including phenoxy) is 5. The Bertz CT molecular complexity index is 5860. The molecule has 0 saturated carbocycles. The smallest absolute Gasteiger partial charge is 0.410 e. The zero-order valence-corrected chi connectivity index (χ0v) is 87.4. The Morgan fingerprint density at radius 3 is 1.26 bits per heavy atom. The zero-order valence-electron chi connectivity index (χ0n) is 87.4. The van der Waals surface area contributed by atoms with Gasteiger partial charge in [-0.3, -0.25) is 44.0 Å². The van der Waals surface area contributed by atoms with Crippen molar-refractivity contribution in [3.05, 3.63) is 131 Å². The van der Waals surface area contributed by atoms with Crippen LogP contribution in [0.2, 0.25) is 0 Å². The van der Waals surface area contributed by atoms with Crippen molar-refractivity contribution in [2.24, 2.45) is 90.8 Å². The first-order valence-corrected chi connectivity index (χ1v) is 51.3. The van der Waals surface area contributed by atoms with Crippen LogP contribution in [-0.4, -0.2) is 199 Å². The quantitative estimate of drug-likeness (QED) is 0.0290. The molecule has 0 aromatic heterocycles. The van der Waals surface area contributed by atoms with Crippen LogP contribution < -0.4 is 25.8 Å². The second-order valence-corrected chi connectivity index (χ2v) is 42.6. The Balaban J connectivity index is 0.000000203. The molecule has 0 spiro atoms. The van der Waals surface area contributed by atoms with Gasteiger partial charge in [-0.1, -0.05) is 194 Å². The van der Waals surface area contributed by atoms with E-state index in [0.29, 0.717) is 55.8 Å². The van der Waals surface area contributed by atoms with Gasteiger partial charge in [0.15, 0.2) is 0 Å². The number of hydrogen-bond donors (Lipinski definition) is 6. The summed E-state index contributed by atoms with van der Waals surface area (Å²) in [6.07, 6.45) is 15.9. The van der Waals surface area contributed by atoms with Gasteiger partial charge < -0.3 is 70.1 Å². The number of nitrogens with zero attached hydrogens (tertiary/aromatic N) is 8. The number of alkyl carbamates (subject to hydrolysis) is 2. The second-order valence-electron chi connectivity index (χ2n) is 42.6. The van der Waals surface area contributed by atoms with Gasteiger partial charge in [-0.2, -0.15) is 0 Å². The SMILES string of the molecule is C.CC[C@@H](C)[C@H](N)C(=O)O.CC[C@@H](C)[C@H](NC(=O)OC)C(=O)O.CC[C@H]1C[C@@H](C2=NC=C(c3ccc4c(c3)COc3cc5c6c(ccc5cc3-4)N=C([C@@H]3CC[C@H](C)N3C(=O)[C@@H](C)C(C)C)C6)C2)N(C(=O)OC(C)(C)C)C1.CC[C@H]1C[C@@H](C2=NC=C(c3ccc4c(c3)COc3cc5c6c(ccc5cc3-4)N=C([C@@H]3CC[C@H](C)N3C(=O)[C@@H](C)C(C)C)C6)C2)N(C(=O)[C@@H](C)[C@H](C)CC)C1.COC(=O)N[C@H](C(=O)O)C(C)C. The molecule has 4 fully saturated rings. The molecule has 28 heteroatoms. The summed E-state index contributed by atoms with van der Waals surface area (Å²) in [5.41, 5.74) is 25.3. The molecule has 7 N–H and O–H groups in total. The summed E-state index contributed by atoms with van der Waals surface area (Å²) in [4.78, 5) is 135. The number of nitrogens with one attached hydrogen (secondary N) is 2. The summed E-state index contributed by atoms with van der Waals surface area (Å²) >= 11 is 0. The van der Waals surface area contributed by atoms with E-state index in [9.17, 15) is 43.2 Å². The van der Waals surface area contributed by atoms with Crippen molar-refractivity contribution in [3.8, 4) is 33.8 Å². The van der Waals surface area contributed by atoms with Gasteiger partial charge >= 0.3 is 36.2 Å². The summed E-state index contributed by atoms with van der Waals surface area (Å²) in [5, 5.41) is 34.9. The van der Waals surface area contributed by atoms with Gasteiger partial charge in [0.1, 0.15) is 48.4 Å². The molecule has 16 rings (SSSR count). The van der Waals surface area contributed by atoms with Gasteiger partial charge in [0.05, 0.1) is 49.8 Å². The molecule has 17 atom stereocenters. The van der Waals surface area contributed by atoms with Crippen LogP contribution in [0.5, 0.6) is 11.5 Å². The van der Waals surface area contributed by atoms with Gasteiger partial charge in [-0.05, 0) is 246 Å². The van der Waals surface area contributed by atoms with E-state index in [-0.39, 0.29) is 103 Å². The molecule has 0 aliphatic carbocycles. The number of methoxy groups -OCH3 is 2. The minimum atomic E-state index is -1.06. The highest BCUT2D eigenvalue weighted by atomic mass is 16.6. The first kappa shape index (κ1) is 111. The van der Waals surface area contributed by atoms with E-state index in [1.165, 1.54) is 74.7 Å². The number of nitrogens with two attached hydrogens (primary N) is 1. The number of likely N-dealkylation sites (tertiary alicyclic amines) is 4. The topological polar surface area (TPSA) is 373 Å². The number of aliphatic carboxylic acids is 3. The van der Waals surface area contributed by atoms with Gasteiger partial charge in [0.2, 0.25) is 17.7 Å². The fraction of sp³-hybridized carbons (Fsp3) is 0.570. The maximum absolute atomic E-state index is 13.7. The van der Waals surface area contributed by atoms with Crippen molar-refractivity contribution in [1.82, 2.24) is 30.2 Å². The number of rotatable bonds is 25. The van der Waals surface area contributed by atoms with Crippen LogP contribution in [0, 0.1) is 65.1 Å². The fourth-order valence-electron chi connectivity index (χ4n) is 20.7. The van der Waals surface area contributed by atoms with Crippen LogP contribution >= 0.6 is 0 Å². The summed E-state index contributed by atoms with van der Waals surface area (Å²) < 4.78 is 27.4. The number of amides is 6. The predicted molar refractivity (Wildman–Crippen MR) is 563 cm³/mol. The number of carbonyl (C=O) groups excluding carboxylic acids is 6. The highest BCUT2D eigenvalue weighted by Gasteiger charge is 2.47. The molecule has 28 nitrogen and oxygen atoms in total. The molecule has 0 unspecified atom stereocenters. The van der Waals surface area contributed by atoms with Gasteiger partial charge in [0.25, 0.3) is 0 Å². The normalized spacial score (nSPS) is 21.8. The average Bonchev–Trinajstić information content (AvgIpc) is 1.51. The molecule has 4 saturated heterocycles. The van der Waals surface area contributed by atoms with E-state index in [1.54, 1.807) is 20.8 Å². The molecule has 6 aromatic carbocycles. The van der Waals surface area contributed by atoms with E-state index in [1.807, 2.05) is 58.8 Å². The number of carboxylic acid groups (broad SMARTS) is 3. The lowest BCUT2D eigenvalue weighted by Gasteiger charge is -2.32. The largest absolute Gasteiger partial charge is 0.488 e. The summed E-state index contributed by atoms with van der Waals surface area (Å²) in [5.74, 6) is 1.37. The second kappa shape index (κ2) is 47.6. The number of carbonyl (C=O) groups is 9. The average molecular weight is 1950 g/mol. The van der Waals surface area contributed by atoms with Gasteiger partial charge in [0, 0.05) is 115 Å². The van der Waals surface area contributed by atoms with Crippen molar-refractivity contribution >= 4 is 121 Å². The third-order valence-corrected chi connectivity index (χ3v) is 31.2. The Kier molecular flexibility index (Phi) is 37.1. The third kappa shape index (κ3) is 24.8. The molecule has 770 valence electrons. The van der Waals surface area contributed by atoms with Crippen LogP contribution in [0.4, 0.5) is 25.8 Å². The van der Waals surface area contributed by atoms with Crippen molar-refractivity contribution in [2.45, 2.75) is 329 Å². The molecule has 10 heterocycles. The van der Waals surface area contributed by atoms with Crippen molar-refractivity contribution < 1.29 is 82.2 Å². The van der Waals surface area contributed by atoms with Crippen molar-refractivity contribution in [2.75, 3.05) is 27.3 Å². The first-order valence-electron chi connectivity index (χ1n) is 51.3. The molecule has 6 aromatic rings. The number of aliphatic imine (C=N–C) groups is 4. The molecule has 10 aliphatic rings. The molecule has 0 radical (unpaired) electrons. The fourth-order valence-corrected chi connectivity index (χ4v) is 20.7. The minimum absolute atomic E-state index is 0. The number of allylic oxidation sites excluding steroid dienone is 2. The number of hydrogen-bond acceptors (Lipinski definition) is 19. The molecular formula is C114H157N11O17. The number of carboxylic acids is 3. The van der Waals surface area contributed by atoms with E-state index in [2.05, 4.69) is 210 Å². The van der Waals surface area contributed by atoms with E-state index in [4.69, 9.17) is 55.2 Å². The Morgan fingerprint density at radius 1 is 0.472 bits per heavy atom. The first-order chi connectivity index (χ1) is 66.9. The highest BCUT2D eigenvalue weighted by molar-refractivity contribution is 6.10. The summed E-state index contributed by atoms with van der Waals surface area (Å²) in [7, 11) is 2.39. The maximum atomic E-state index is 13.7. The summed E-state index contributed by atoms with van der Waals surface area (Å²) in [6, 6.07) is 29.3. The lowest BCUT2D eigenvalue weighted by Crippen LogP contribution is -2.47. The minimum Gasteiger partial charge on any atom is -0.488 e. The van der Waals surface area contributed by atoms with Crippen LogP contribution in [0.1, 0.15) is 277 Å². The predicted octanol–water partition coefficient (Wildman–Crippen LogP) is 22.5. The third-order valence-electron chi connectivity index (χ3n) is 31.2. The van der Waals surface area contributed by atoms with Crippen molar-refractivity contribution in [1.29, 1.82) is 0 Å². The molecular weight excluding hydrogens is 1800 g/mol. The lowest BCUT2D eigenvalue weighted by molar-refractivity contribution is -0.141. The van der Waals surface area contributed by atoms with Crippen LogP contribution in [0.15, 0.2) is 117 Å². The van der Waals surface area contributed by atoms with Crippen LogP contribution in [0.25, 0.3) is 54.9 Å². The lowest BCUT2D eigenvalue weighted by atomic mass is 9.89. The van der Waals surface area contributed by atoms with Crippen molar-refractivity contribution in [3.63, 3.8) is 0 Å². The number of fused-ring (bicyclic) bond motifs is 12. The Morgan fingerprint density at radius 2 is 0.887 bits per heavy atom. The maximum Gasteiger partial charge on any atom is 0.410 e. The van der Waals surface area contributed by atoms with Gasteiger partial charge in [-0.15, -0.1) is 0 Å².